The summed E-state index contributed by atoms with van der Waals surface area (Å²) in [6.45, 7) is 4.95. The average Bonchev–Trinajstić information content (AvgIpc) is 3.20. The number of rotatable bonds is 6. The molecule has 23 heavy (non-hydrogen) atoms. The Morgan fingerprint density at radius 1 is 1.57 bits per heavy atom. The standard InChI is InChI=1S/C15H21N5O3/c1-12(14-3-2-5-23-14)18-15(21)9-19-4-6-22-13(7-19)8-20-11-16-10-17-20/h2-3,5,10-13H,4,6-9H2,1H3,(H,18,21)/t12-,13+/m1/s1. The van der Waals surface area contributed by atoms with Gasteiger partial charge in [0.15, 0.2) is 0 Å². The van der Waals surface area contributed by atoms with Crippen molar-refractivity contribution in [3.8, 4) is 0 Å². The predicted octanol–water partition coefficient (Wildman–Crippen LogP) is 0.449. The van der Waals surface area contributed by atoms with E-state index in [4.69, 9.17) is 9.15 Å². The molecule has 0 saturated carbocycles. The highest BCUT2D eigenvalue weighted by Gasteiger charge is 2.23. The van der Waals surface area contributed by atoms with Gasteiger partial charge in [-0.2, -0.15) is 5.10 Å². The van der Waals surface area contributed by atoms with Crippen molar-refractivity contribution in [1.82, 2.24) is 25.0 Å². The first-order valence-corrected chi connectivity index (χ1v) is 7.70. The van der Waals surface area contributed by atoms with Crippen molar-refractivity contribution in [2.45, 2.75) is 25.6 Å². The first-order chi connectivity index (χ1) is 11.2. The number of ether oxygens (including phenoxy) is 1. The average molecular weight is 319 g/mol. The lowest BCUT2D eigenvalue weighted by Crippen LogP contribution is -2.48. The topological polar surface area (TPSA) is 85.4 Å². The fourth-order valence-electron chi connectivity index (χ4n) is 2.67. The SMILES string of the molecule is C[C@@H](NC(=O)CN1CCO[C@H](Cn2cncn2)C1)c1ccco1. The molecule has 1 aliphatic heterocycles. The van der Waals surface area contributed by atoms with E-state index in [2.05, 4.69) is 20.3 Å². The number of nitrogens with one attached hydrogen (secondary N) is 1. The number of furan rings is 1. The van der Waals surface area contributed by atoms with Gasteiger partial charge in [0, 0.05) is 13.1 Å². The predicted molar refractivity (Wildman–Crippen MR) is 81.5 cm³/mol. The molecule has 3 rings (SSSR count). The van der Waals surface area contributed by atoms with Gasteiger partial charge in [-0.15, -0.1) is 0 Å². The van der Waals surface area contributed by atoms with E-state index in [1.807, 2.05) is 19.1 Å². The molecule has 1 amide bonds. The van der Waals surface area contributed by atoms with Crippen LogP contribution in [0.1, 0.15) is 18.7 Å². The quantitative estimate of drug-likeness (QED) is 0.832. The molecule has 0 spiro atoms. The Bertz CT molecular complexity index is 599. The number of hydrogen-bond acceptors (Lipinski definition) is 6. The van der Waals surface area contributed by atoms with Gasteiger partial charge in [-0.25, -0.2) is 4.98 Å². The zero-order valence-electron chi connectivity index (χ0n) is 13.1. The van der Waals surface area contributed by atoms with Crippen LogP contribution in [0.25, 0.3) is 0 Å². The molecule has 124 valence electrons. The van der Waals surface area contributed by atoms with Crippen molar-refractivity contribution in [3.63, 3.8) is 0 Å². The van der Waals surface area contributed by atoms with E-state index in [1.165, 1.54) is 6.33 Å². The van der Waals surface area contributed by atoms with Crippen molar-refractivity contribution >= 4 is 5.91 Å². The molecule has 0 bridgehead atoms. The van der Waals surface area contributed by atoms with Gasteiger partial charge in [0.1, 0.15) is 18.4 Å². The highest BCUT2D eigenvalue weighted by Crippen LogP contribution is 2.12. The lowest BCUT2D eigenvalue weighted by atomic mass is 10.2. The van der Waals surface area contributed by atoms with E-state index in [0.29, 0.717) is 26.2 Å². The van der Waals surface area contributed by atoms with Gasteiger partial charge in [0.05, 0.1) is 38.1 Å². The van der Waals surface area contributed by atoms with Gasteiger partial charge in [-0.05, 0) is 19.1 Å². The van der Waals surface area contributed by atoms with Gasteiger partial charge < -0.3 is 14.5 Å². The molecule has 2 aromatic heterocycles. The second-order valence-electron chi connectivity index (χ2n) is 5.65. The first-order valence-electron chi connectivity index (χ1n) is 7.70. The lowest BCUT2D eigenvalue weighted by molar-refractivity contribution is -0.125. The Hall–Kier alpha value is -2.19. The molecule has 1 fully saturated rings. The molecule has 1 saturated heterocycles. The monoisotopic (exact) mass is 319 g/mol. The summed E-state index contributed by atoms with van der Waals surface area (Å²) in [5.41, 5.74) is 0. The third-order valence-corrected chi connectivity index (χ3v) is 3.79. The first kappa shape index (κ1) is 15.7. The van der Waals surface area contributed by atoms with E-state index >= 15 is 0 Å². The molecule has 0 aromatic carbocycles. The zero-order chi connectivity index (χ0) is 16.1. The fourth-order valence-corrected chi connectivity index (χ4v) is 2.67. The maximum absolute atomic E-state index is 12.2. The molecule has 2 aromatic rings. The van der Waals surface area contributed by atoms with Crippen LogP contribution >= 0.6 is 0 Å². The zero-order valence-corrected chi connectivity index (χ0v) is 13.1. The highest BCUT2D eigenvalue weighted by molar-refractivity contribution is 5.78. The number of carbonyl (C=O) groups excluding carboxylic acids is 1. The maximum Gasteiger partial charge on any atom is 0.234 e. The molecule has 3 heterocycles. The van der Waals surface area contributed by atoms with E-state index in [-0.39, 0.29) is 18.1 Å². The minimum Gasteiger partial charge on any atom is -0.467 e. The minimum atomic E-state index is -0.135. The van der Waals surface area contributed by atoms with Crippen molar-refractivity contribution in [2.75, 3.05) is 26.2 Å². The van der Waals surface area contributed by atoms with Gasteiger partial charge in [-0.3, -0.25) is 14.4 Å². The minimum absolute atomic E-state index is 0.0146. The molecule has 0 radical (unpaired) electrons. The van der Waals surface area contributed by atoms with Gasteiger partial charge in [0.25, 0.3) is 0 Å². The van der Waals surface area contributed by atoms with E-state index in [0.717, 1.165) is 12.3 Å². The van der Waals surface area contributed by atoms with Crippen molar-refractivity contribution in [2.24, 2.45) is 0 Å². The van der Waals surface area contributed by atoms with Crippen molar-refractivity contribution in [1.29, 1.82) is 0 Å². The Balaban J connectivity index is 1.46. The van der Waals surface area contributed by atoms with Crippen molar-refractivity contribution < 1.29 is 13.9 Å². The maximum atomic E-state index is 12.2. The van der Waals surface area contributed by atoms with E-state index < -0.39 is 0 Å². The van der Waals surface area contributed by atoms with Crippen LogP contribution in [-0.2, 0) is 16.1 Å². The number of aromatic nitrogens is 3. The van der Waals surface area contributed by atoms with Crippen LogP contribution < -0.4 is 5.32 Å². The van der Waals surface area contributed by atoms with E-state index in [9.17, 15) is 4.79 Å². The molecule has 1 aliphatic rings. The Labute approximate surface area is 134 Å². The Morgan fingerprint density at radius 2 is 2.48 bits per heavy atom. The third-order valence-electron chi connectivity index (χ3n) is 3.79. The van der Waals surface area contributed by atoms with Gasteiger partial charge in [0.2, 0.25) is 5.91 Å². The number of hydrogen-bond donors (Lipinski definition) is 1. The molecule has 8 heteroatoms. The molecule has 0 aliphatic carbocycles. The summed E-state index contributed by atoms with van der Waals surface area (Å²) < 4.78 is 12.8. The molecular weight excluding hydrogens is 298 g/mol. The largest absolute Gasteiger partial charge is 0.467 e. The molecular formula is C15H21N5O3. The van der Waals surface area contributed by atoms with E-state index in [1.54, 1.807) is 17.3 Å². The Morgan fingerprint density at radius 3 is 3.22 bits per heavy atom. The van der Waals surface area contributed by atoms with Crippen LogP contribution in [0.15, 0.2) is 35.5 Å². The van der Waals surface area contributed by atoms with Crippen molar-refractivity contribution in [3.05, 3.63) is 36.8 Å². The summed E-state index contributed by atoms with van der Waals surface area (Å²) in [6.07, 6.45) is 4.79. The van der Waals surface area contributed by atoms with Crippen LogP contribution in [0.4, 0.5) is 0 Å². The van der Waals surface area contributed by atoms with Gasteiger partial charge >= 0.3 is 0 Å². The summed E-state index contributed by atoms with van der Waals surface area (Å²) in [5, 5.41) is 7.03. The second kappa shape index (κ2) is 7.38. The van der Waals surface area contributed by atoms with Crippen LogP contribution in [0, 0.1) is 0 Å². The summed E-state index contributed by atoms with van der Waals surface area (Å²) >= 11 is 0. The summed E-state index contributed by atoms with van der Waals surface area (Å²) in [5.74, 6) is 0.736. The molecule has 1 N–H and O–H groups in total. The fraction of sp³-hybridized carbons (Fsp3) is 0.533. The summed E-state index contributed by atoms with van der Waals surface area (Å²) in [7, 11) is 0. The second-order valence-corrected chi connectivity index (χ2v) is 5.65. The van der Waals surface area contributed by atoms with Crippen LogP contribution in [0.5, 0.6) is 0 Å². The van der Waals surface area contributed by atoms with Crippen LogP contribution in [0.2, 0.25) is 0 Å². The lowest BCUT2D eigenvalue weighted by Gasteiger charge is -2.32. The molecule has 0 unspecified atom stereocenters. The summed E-state index contributed by atoms with van der Waals surface area (Å²) in [6, 6.07) is 3.53. The number of carbonyl (C=O) groups is 1. The Kier molecular flexibility index (Phi) is 5.04. The molecule has 8 nitrogen and oxygen atoms in total. The normalized spacial score (nSPS) is 20.3. The number of nitrogens with zero attached hydrogens (tertiary/aromatic N) is 4. The molecule has 2 atom stereocenters. The smallest absolute Gasteiger partial charge is 0.234 e. The highest BCUT2D eigenvalue weighted by atomic mass is 16.5. The number of morpholine rings is 1. The van der Waals surface area contributed by atoms with Crippen LogP contribution in [0.3, 0.4) is 0 Å². The van der Waals surface area contributed by atoms with Gasteiger partial charge in [-0.1, -0.05) is 0 Å². The third kappa shape index (κ3) is 4.40. The van der Waals surface area contributed by atoms with Crippen LogP contribution in [-0.4, -0.2) is 57.9 Å². The summed E-state index contributed by atoms with van der Waals surface area (Å²) in [4.78, 5) is 18.2. The number of amides is 1.